The molecule has 37 heavy (non-hydrogen) atoms. The van der Waals surface area contributed by atoms with Crippen LogP contribution in [0.25, 0.3) is 11.1 Å². The molecule has 4 aromatic carbocycles. The summed E-state index contributed by atoms with van der Waals surface area (Å²) in [7, 11) is 0. The molecular formula is C33H29N3O. The maximum atomic E-state index is 14.0. The van der Waals surface area contributed by atoms with Crippen LogP contribution in [-0.2, 0) is 15.7 Å². The fourth-order valence-electron chi connectivity index (χ4n) is 6.87. The molecule has 4 nitrogen and oxygen atoms in total. The predicted octanol–water partition coefficient (Wildman–Crippen LogP) is 6.57. The highest BCUT2D eigenvalue weighted by Crippen LogP contribution is 2.55. The molecule has 182 valence electrons. The molecule has 0 aromatic heterocycles. The van der Waals surface area contributed by atoms with Gasteiger partial charge in [0.05, 0.1) is 5.69 Å². The molecular weight excluding hydrogens is 454 g/mol. The third-order valence-electron chi connectivity index (χ3n) is 8.60. The number of anilines is 1. The van der Waals surface area contributed by atoms with Crippen LogP contribution in [0.3, 0.4) is 0 Å². The van der Waals surface area contributed by atoms with Crippen LogP contribution in [0.2, 0.25) is 0 Å². The van der Waals surface area contributed by atoms with Gasteiger partial charge in [-0.1, -0.05) is 98.8 Å². The molecule has 0 radical (unpaired) electrons. The Balaban J connectivity index is 1.41. The smallest absolute Gasteiger partial charge is 0.250 e. The summed E-state index contributed by atoms with van der Waals surface area (Å²) in [6.45, 7) is 5.21. The van der Waals surface area contributed by atoms with E-state index in [1.807, 2.05) is 18.2 Å². The number of nitrogens with one attached hydrogen (secondary N) is 2. The molecule has 1 amide bonds. The van der Waals surface area contributed by atoms with Crippen LogP contribution in [0.1, 0.15) is 36.5 Å². The third kappa shape index (κ3) is 3.12. The van der Waals surface area contributed by atoms with Crippen LogP contribution in [0.15, 0.2) is 108 Å². The van der Waals surface area contributed by atoms with Gasteiger partial charge in [0.15, 0.2) is 0 Å². The van der Waals surface area contributed by atoms with Gasteiger partial charge in [0, 0.05) is 40.8 Å². The summed E-state index contributed by atoms with van der Waals surface area (Å²) in [5.41, 5.74) is 7.65. The van der Waals surface area contributed by atoms with Crippen LogP contribution in [0.5, 0.6) is 0 Å². The Morgan fingerprint density at radius 3 is 2.24 bits per heavy atom. The number of para-hydroxylation sites is 1. The second-order valence-electron chi connectivity index (χ2n) is 10.9. The van der Waals surface area contributed by atoms with Crippen LogP contribution in [0.4, 0.5) is 11.4 Å². The summed E-state index contributed by atoms with van der Waals surface area (Å²) in [4.78, 5) is 19.2. The van der Waals surface area contributed by atoms with Gasteiger partial charge in [-0.2, -0.15) is 0 Å². The standard InChI is InChI=1S/C33H29N3O/c1-32(2)25-15-9-10-16-27(25)35-30(32)24-20-34-33(29(24)22-13-7-4-8-14-22)26-19-23(21-11-5-3-6-12-21)17-18-28(26)36-31(33)37/h3-19,24,29,34H,20H2,1-2H3,(H,36,37)/t24-,29+,33-/m1/s1. The van der Waals surface area contributed by atoms with Crippen LogP contribution in [-0.4, -0.2) is 18.2 Å². The van der Waals surface area contributed by atoms with Crippen molar-refractivity contribution in [2.75, 3.05) is 11.9 Å². The van der Waals surface area contributed by atoms with Crippen molar-refractivity contribution < 1.29 is 4.79 Å². The van der Waals surface area contributed by atoms with Gasteiger partial charge in [0.25, 0.3) is 0 Å². The number of carbonyl (C=O) groups is 1. The van der Waals surface area contributed by atoms with Crippen LogP contribution < -0.4 is 10.6 Å². The number of benzene rings is 4. The van der Waals surface area contributed by atoms with Crippen molar-refractivity contribution in [3.05, 3.63) is 120 Å². The highest BCUT2D eigenvalue weighted by atomic mass is 16.2. The van der Waals surface area contributed by atoms with Crippen molar-refractivity contribution in [3.63, 3.8) is 0 Å². The minimum Gasteiger partial charge on any atom is -0.324 e. The Morgan fingerprint density at radius 2 is 1.49 bits per heavy atom. The molecule has 1 fully saturated rings. The highest BCUT2D eigenvalue weighted by Gasteiger charge is 2.61. The molecule has 3 atom stereocenters. The molecule has 3 heterocycles. The lowest BCUT2D eigenvalue weighted by molar-refractivity contribution is -0.122. The van der Waals surface area contributed by atoms with Gasteiger partial charge in [-0.05, 0) is 40.5 Å². The minimum absolute atomic E-state index is 0.0120. The summed E-state index contributed by atoms with van der Waals surface area (Å²) >= 11 is 0. The number of amides is 1. The highest BCUT2D eigenvalue weighted by molar-refractivity contribution is 6.10. The molecule has 1 spiro atoms. The third-order valence-corrected chi connectivity index (χ3v) is 8.60. The van der Waals surface area contributed by atoms with E-state index in [4.69, 9.17) is 4.99 Å². The molecule has 0 bridgehead atoms. The average molecular weight is 484 g/mol. The second-order valence-corrected chi connectivity index (χ2v) is 10.9. The Labute approximate surface area is 217 Å². The summed E-state index contributed by atoms with van der Waals surface area (Å²) in [5, 5.41) is 6.98. The zero-order valence-electron chi connectivity index (χ0n) is 21.0. The second kappa shape index (κ2) is 7.99. The summed E-state index contributed by atoms with van der Waals surface area (Å²) in [6.07, 6.45) is 0. The average Bonchev–Trinajstić information content (AvgIpc) is 3.55. The quantitative estimate of drug-likeness (QED) is 0.346. The number of aliphatic imine (C=N–C) groups is 1. The molecule has 0 unspecified atom stereocenters. The van der Waals surface area contributed by atoms with Gasteiger partial charge in [0.2, 0.25) is 5.91 Å². The van der Waals surface area contributed by atoms with Gasteiger partial charge < -0.3 is 5.32 Å². The Morgan fingerprint density at radius 1 is 0.784 bits per heavy atom. The Kier molecular flexibility index (Phi) is 4.79. The van der Waals surface area contributed by atoms with E-state index in [2.05, 4.69) is 109 Å². The molecule has 0 saturated carbocycles. The van der Waals surface area contributed by atoms with Gasteiger partial charge in [0.1, 0.15) is 5.54 Å². The number of fused-ring (bicyclic) bond motifs is 3. The number of rotatable bonds is 3. The van der Waals surface area contributed by atoms with E-state index in [9.17, 15) is 4.79 Å². The first kappa shape index (κ1) is 22.2. The molecule has 7 rings (SSSR count). The van der Waals surface area contributed by atoms with Crippen molar-refractivity contribution in [2.24, 2.45) is 10.9 Å². The summed E-state index contributed by atoms with van der Waals surface area (Å²) < 4.78 is 0. The SMILES string of the molecule is CC1(C)C([C@@H]2CN[C@@]3(C(=O)Nc4ccc(-c5ccccc5)cc43)[C@H]2c2ccccc2)=Nc2ccccc21. The van der Waals surface area contributed by atoms with E-state index in [0.29, 0.717) is 6.54 Å². The van der Waals surface area contributed by atoms with Gasteiger partial charge in [-0.25, -0.2) is 0 Å². The number of nitrogens with zero attached hydrogens (tertiary/aromatic N) is 1. The monoisotopic (exact) mass is 483 g/mol. The van der Waals surface area contributed by atoms with E-state index in [0.717, 1.165) is 39.3 Å². The number of carbonyl (C=O) groups excluding carboxylic acids is 1. The Hall–Kier alpha value is -4.02. The van der Waals surface area contributed by atoms with Gasteiger partial charge in [-0.15, -0.1) is 0 Å². The molecule has 1 saturated heterocycles. The van der Waals surface area contributed by atoms with E-state index in [-0.39, 0.29) is 23.2 Å². The molecule has 4 aromatic rings. The van der Waals surface area contributed by atoms with Crippen LogP contribution in [0, 0.1) is 5.92 Å². The maximum Gasteiger partial charge on any atom is 0.250 e. The summed E-state index contributed by atoms with van der Waals surface area (Å²) in [5.74, 6) is -0.0341. The summed E-state index contributed by atoms with van der Waals surface area (Å²) in [6, 6.07) is 35.6. The fraction of sp³-hybridized carbons (Fsp3) is 0.212. The zero-order valence-corrected chi connectivity index (χ0v) is 21.0. The molecule has 0 aliphatic carbocycles. The molecule has 2 N–H and O–H groups in total. The van der Waals surface area contributed by atoms with Crippen molar-refractivity contribution in [2.45, 2.75) is 30.7 Å². The van der Waals surface area contributed by atoms with Crippen LogP contribution >= 0.6 is 0 Å². The zero-order chi connectivity index (χ0) is 25.2. The normalized spacial score (nSPS) is 25.0. The molecule has 3 aliphatic heterocycles. The van der Waals surface area contributed by atoms with Gasteiger partial charge >= 0.3 is 0 Å². The van der Waals surface area contributed by atoms with Crippen molar-refractivity contribution in [1.82, 2.24) is 5.32 Å². The topological polar surface area (TPSA) is 53.5 Å². The van der Waals surface area contributed by atoms with Gasteiger partial charge in [-0.3, -0.25) is 15.1 Å². The largest absolute Gasteiger partial charge is 0.324 e. The minimum atomic E-state index is -0.875. The molecule has 3 aliphatic rings. The number of hydrogen-bond acceptors (Lipinski definition) is 3. The van der Waals surface area contributed by atoms with E-state index in [1.165, 1.54) is 5.56 Å². The predicted molar refractivity (Wildman–Crippen MR) is 149 cm³/mol. The van der Waals surface area contributed by atoms with Crippen molar-refractivity contribution in [3.8, 4) is 11.1 Å². The first-order valence-corrected chi connectivity index (χ1v) is 13.0. The lowest BCUT2D eigenvalue weighted by Gasteiger charge is -2.35. The lowest BCUT2D eigenvalue weighted by Crippen LogP contribution is -2.47. The first-order valence-electron chi connectivity index (χ1n) is 13.0. The first-order chi connectivity index (χ1) is 18.0. The van der Waals surface area contributed by atoms with E-state index < -0.39 is 5.54 Å². The lowest BCUT2D eigenvalue weighted by atomic mass is 9.66. The maximum absolute atomic E-state index is 14.0. The molecule has 4 heteroatoms. The van der Waals surface area contributed by atoms with E-state index in [1.54, 1.807) is 0 Å². The van der Waals surface area contributed by atoms with Crippen molar-refractivity contribution in [1.29, 1.82) is 0 Å². The Bertz CT molecular complexity index is 1560. The fourth-order valence-corrected chi connectivity index (χ4v) is 6.87. The van der Waals surface area contributed by atoms with Crippen molar-refractivity contribution >= 4 is 23.0 Å². The van der Waals surface area contributed by atoms with E-state index >= 15 is 0 Å². The number of hydrogen-bond donors (Lipinski definition) is 2.